The molecule has 3 aromatic rings. The van der Waals surface area contributed by atoms with Gasteiger partial charge in [0.15, 0.2) is 0 Å². The summed E-state index contributed by atoms with van der Waals surface area (Å²) in [6, 6.07) is 5.19. The van der Waals surface area contributed by atoms with Gasteiger partial charge >= 0.3 is 5.76 Å². The largest absolute Gasteiger partial charge is 0.489 e. The Kier molecular flexibility index (Phi) is 10.4. The van der Waals surface area contributed by atoms with Gasteiger partial charge in [-0.25, -0.2) is 4.79 Å². The molecule has 0 radical (unpaired) electrons. The van der Waals surface area contributed by atoms with E-state index in [1.54, 1.807) is 19.9 Å². The molecule has 0 bridgehead atoms. The van der Waals surface area contributed by atoms with Crippen LogP contribution in [0, 0.1) is 11.3 Å². The van der Waals surface area contributed by atoms with Crippen molar-refractivity contribution in [3.63, 3.8) is 0 Å². The van der Waals surface area contributed by atoms with Gasteiger partial charge in [-0.2, -0.15) is 24.9 Å². The molecule has 0 unspecified atom stereocenters. The topological polar surface area (TPSA) is 144 Å². The average molecular weight is 586 g/mol. The summed E-state index contributed by atoms with van der Waals surface area (Å²) < 4.78 is 11.9. The molecule has 14 heteroatoms. The lowest BCUT2D eigenvalue weighted by atomic mass is 9.97. The molecule has 0 saturated heterocycles. The fourth-order valence-corrected chi connectivity index (χ4v) is 3.38. The molecule has 0 fully saturated rings. The zero-order chi connectivity index (χ0) is 28.8. The second kappa shape index (κ2) is 12.7. The number of rotatable bonds is 7. The Hall–Kier alpha value is -3.07. The van der Waals surface area contributed by atoms with Crippen molar-refractivity contribution in [1.82, 2.24) is 24.7 Å². The van der Waals surface area contributed by atoms with Gasteiger partial charge in [0, 0.05) is 18.0 Å². The van der Waals surface area contributed by atoms with Crippen LogP contribution in [0.15, 0.2) is 21.3 Å². The normalized spacial score (nSPS) is 11.4. The third-order valence-electron chi connectivity index (χ3n) is 4.43. The fourth-order valence-electron chi connectivity index (χ4n) is 2.71. The number of benzene rings is 1. The van der Waals surface area contributed by atoms with Gasteiger partial charge in [-0.3, -0.25) is 0 Å². The second-order valence-corrected chi connectivity index (χ2v) is 11.0. The number of ether oxygens (including phenoxy) is 1. The minimum atomic E-state index is -0.756. The first-order valence-corrected chi connectivity index (χ1v) is 12.8. The molecule has 3 rings (SSSR count). The number of hydrogen-bond acceptors (Lipinski definition) is 10. The summed E-state index contributed by atoms with van der Waals surface area (Å²) in [6.07, 6.45) is -0.0642. The molecule has 0 aliphatic rings. The summed E-state index contributed by atoms with van der Waals surface area (Å²) in [6.45, 7) is 15.5. The maximum absolute atomic E-state index is 12.1. The lowest BCUT2D eigenvalue weighted by Gasteiger charge is -2.17. The average Bonchev–Trinajstić information content (AvgIpc) is 3.17. The zero-order valence-electron chi connectivity index (χ0n) is 22.5. The molecule has 1 aromatic carbocycles. The van der Waals surface area contributed by atoms with Gasteiger partial charge in [-0.05, 0) is 52.3 Å². The van der Waals surface area contributed by atoms with Crippen molar-refractivity contribution in [3.8, 4) is 17.5 Å². The van der Waals surface area contributed by atoms with Crippen molar-refractivity contribution in [2.45, 2.75) is 72.4 Å². The fraction of sp³-hybridized carbons (Fsp3) is 0.500. The maximum atomic E-state index is 12.1. The highest BCUT2D eigenvalue weighted by molar-refractivity contribution is 6.36. The van der Waals surface area contributed by atoms with Crippen molar-refractivity contribution in [2.24, 2.45) is 0 Å². The van der Waals surface area contributed by atoms with Crippen LogP contribution in [0.4, 0.5) is 11.9 Å². The van der Waals surface area contributed by atoms with Crippen LogP contribution >= 0.6 is 34.8 Å². The number of nitriles is 1. The molecule has 38 heavy (non-hydrogen) atoms. The highest BCUT2D eigenvalue weighted by Gasteiger charge is 2.24. The third kappa shape index (κ3) is 8.75. The van der Waals surface area contributed by atoms with Crippen LogP contribution in [0.3, 0.4) is 0 Å². The number of nitrogens with one attached hydrogen (secondary N) is 2. The Morgan fingerprint density at radius 2 is 1.71 bits per heavy atom. The van der Waals surface area contributed by atoms with E-state index in [9.17, 15) is 4.79 Å². The van der Waals surface area contributed by atoms with Crippen molar-refractivity contribution >= 4 is 46.7 Å². The number of hydrogen-bond donors (Lipinski definition) is 2. The van der Waals surface area contributed by atoms with Crippen LogP contribution in [-0.2, 0) is 5.41 Å². The molecule has 2 heterocycles. The SMILES string of the molecule is CC(C)Oc1cc(-n2nc(C(C)(C)C)oc2=O)c(Cl)cc1Cl.CCNc1nc(Cl)nc(NC(C)(C)C#N)n1. The summed E-state index contributed by atoms with van der Waals surface area (Å²) in [7, 11) is 0. The molecule has 206 valence electrons. The molecule has 0 aliphatic heterocycles. The monoisotopic (exact) mass is 584 g/mol. The van der Waals surface area contributed by atoms with Crippen LogP contribution in [0.1, 0.15) is 61.3 Å². The summed E-state index contributed by atoms with van der Waals surface area (Å²) in [5.41, 5.74) is -0.777. The van der Waals surface area contributed by atoms with E-state index in [-0.39, 0.29) is 27.8 Å². The third-order valence-corrected chi connectivity index (χ3v) is 5.20. The Labute approximate surface area is 236 Å². The predicted molar refractivity (Wildman–Crippen MR) is 149 cm³/mol. The molecule has 0 saturated carbocycles. The number of halogens is 3. The van der Waals surface area contributed by atoms with Crippen molar-refractivity contribution in [2.75, 3.05) is 17.2 Å². The van der Waals surface area contributed by atoms with E-state index in [1.807, 2.05) is 41.5 Å². The first kappa shape index (κ1) is 31.1. The summed E-state index contributed by atoms with van der Waals surface area (Å²) in [5, 5.41) is 19.6. The molecular weight excluding hydrogens is 555 g/mol. The van der Waals surface area contributed by atoms with Crippen molar-refractivity contribution in [3.05, 3.63) is 43.9 Å². The highest BCUT2D eigenvalue weighted by atomic mass is 35.5. The van der Waals surface area contributed by atoms with Gasteiger partial charge in [-0.15, -0.1) is 5.10 Å². The number of nitrogens with zero attached hydrogens (tertiary/aromatic N) is 6. The maximum Gasteiger partial charge on any atom is 0.442 e. The molecule has 0 aliphatic carbocycles. The van der Waals surface area contributed by atoms with E-state index in [4.69, 9.17) is 49.2 Å². The smallest absolute Gasteiger partial charge is 0.442 e. The van der Waals surface area contributed by atoms with Gasteiger partial charge in [-0.1, -0.05) is 44.0 Å². The Morgan fingerprint density at radius 3 is 2.24 bits per heavy atom. The van der Waals surface area contributed by atoms with Gasteiger partial charge in [0.2, 0.25) is 23.1 Å². The van der Waals surface area contributed by atoms with Gasteiger partial charge in [0.05, 0.1) is 27.9 Å². The van der Waals surface area contributed by atoms with E-state index < -0.39 is 11.3 Å². The van der Waals surface area contributed by atoms with Gasteiger partial charge in [0.25, 0.3) is 0 Å². The van der Waals surface area contributed by atoms with Crippen molar-refractivity contribution in [1.29, 1.82) is 5.26 Å². The van der Waals surface area contributed by atoms with E-state index in [1.165, 1.54) is 6.07 Å². The van der Waals surface area contributed by atoms with Crippen LogP contribution in [0.2, 0.25) is 15.3 Å². The van der Waals surface area contributed by atoms with E-state index in [0.29, 0.717) is 34.8 Å². The van der Waals surface area contributed by atoms with Crippen LogP contribution < -0.4 is 21.1 Å². The second-order valence-electron chi connectivity index (χ2n) is 9.88. The van der Waals surface area contributed by atoms with Gasteiger partial charge in [0.1, 0.15) is 11.3 Å². The highest BCUT2D eigenvalue weighted by Crippen LogP contribution is 2.33. The zero-order valence-corrected chi connectivity index (χ0v) is 24.7. The predicted octanol–water partition coefficient (Wildman–Crippen LogP) is 5.89. The molecule has 0 spiro atoms. The van der Waals surface area contributed by atoms with E-state index >= 15 is 0 Å². The minimum Gasteiger partial charge on any atom is -0.489 e. The Morgan fingerprint density at radius 1 is 1.08 bits per heavy atom. The molecule has 2 aromatic heterocycles. The molecule has 2 N–H and O–H groups in total. The standard InChI is InChI=1S/C15H18Cl2N2O3.C9H13ClN6/c1-8(2)21-12-7-11(9(16)6-10(12)17)19-14(20)22-13(18-19)15(3,4)5;1-4-12-7-13-6(10)14-8(15-7)16-9(2,3)5-11/h6-8H,1-5H3;4H2,1-3H3,(H2,12,13,14,15,16). The molecule has 0 amide bonds. The molecule has 11 nitrogen and oxygen atoms in total. The van der Waals surface area contributed by atoms with Crippen LogP contribution in [-0.4, -0.2) is 42.9 Å². The van der Waals surface area contributed by atoms with E-state index in [2.05, 4.69) is 36.8 Å². The summed E-state index contributed by atoms with van der Waals surface area (Å²) >= 11 is 18.0. The summed E-state index contributed by atoms with van der Waals surface area (Å²) in [4.78, 5) is 23.9. The molecular formula is C24H31Cl3N8O3. The lowest BCUT2D eigenvalue weighted by molar-refractivity contribution is 0.242. The van der Waals surface area contributed by atoms with Gasteiger partial charge < -0.3 is 19.8 Å². The molecule has 0 atom stereocenters. The Balaban J connectivity index is 0.000000281. The Bertz CT molecular complexity index is 1360. The van der Waals surface area contributed by atoms with Crippen LogP contribution in [0.25, 0.3) is 5.69 Å². The first-order valence-electron chi connectivity index (χ1n) is 11.7. The van der Waals surface area contributed by atoms with Crippen molar-refractivity contribution < 1.29 is 9.15 Å². The van der Waals surface area contributed by atoms with E-state index in [0.717, 1.165) is 4.68 Å². The number of anilines is 2. The quantitative estimate of drug-likeness (QED) is 0.344. The number of aromatic nitrogens is 5. The minimum absolute atomic E-state index is 0.0642. The van der Waals surface area contributed by atoms with Crippen LogP contribution in [0.5, 0.6) is 5.75 Å². The lowest BCUT2D eigenvalue weighted by Crippen LogP contribution is -2.29. The first-order chi connectivity index (χ1) is 17.6. The summed E-state index contributed by atoms with van der Waals surface area (Å²) in [5.74, 6) is 0.823.